The van der Waals surface area contributed by atoms with E-state index in [2.05, 4.69) is 15.3 Å². The molecule has 2 N–H and O–H groups in total. The third kappa shape index (κ3) is 3.14. The molecule has 8 heteroatoms. The third-order valence-corrected chi connectivity index (χ3v) is 3.39. The molecule has 0 radical (unpaired) electrons. The zero-order valence-corrected chi connectivity index (χ0v) is 11.4. The molecule has 0 amide bonds. The number of rotatable bonds is 5. The standard InChI is InChI=1S/C11H15N3O4S/c1-17-8-5-18-4-7(8)13-9-6(10(15)16)3-12-11(14-9)19-2/h3,7-8H,4-5H2,1-2H3,(H,15,16)(H,12,13,14)/t7-,8-/m0/s1. The molecule has 0 bridgehead atoms. The molecule has 2 heterocycles. The van der Waals surface area contributed by atoms with Gasteiger partial charge in [0.2, 0.25) is 0 Å². The van der Waals surface area contributed by atoms with Crippen molar-refractivity contribution in [3.8, 4) is 0 Å². The number of ether oxygens (including phenoxy) is 2. The maximum absolute atomic E-state index is 11.2. The van der Waals surface area contributed by atoms with E-state index in [-0.39, 0.29) is 17.7 Å². The normalized spacial score (nSPS) is 22.4. The van der Waals surface area contributed by atoms with Crippen molar-refractivity contribution in [3.63, 3.8) is 0 Å². The quantitative estimate of drug-likeness (QED) is 0.604. The lowest BCUT2D eigenvalue weighted by Crippen LogP contribution is -2.34. The van der Waals surface area contributed by atoms with Crippen LogP contribution in [0.5, 0.6) is 0 Å². The van der Waals surface area contributed by atoms with Crippen LogP contribution in [-0.2, 0) is 9.47 Å². The van der Waals surface area contributed by atoms with Gasteiger partial charge >= 0.3 is 5.97 Å². The largest absolute Gasteiger partial charge is 0.477 e. The van der Waals surface area contributed by atoms with Gasteiger partial charge < -0.3 is 19.9 Å². The fourth-order valence-electron chi connectivity index (χ4n) is 1.81. The Balaban J connectivity index is 2.24. The second-order valence-electron chi connectivity index (χ2n) is 3.99. The fraction of sp³-hybridized carbons (Fsp3) is 0.545. The molecule has 2 rings (SSSR count). The van der Waals surface area contributed by atoms with Crippen LogP contribution >= 0.6 is 11.8 Å². The Labute approximate surface area is 114 Å². The first kappa shape index (κ1) is 14.0. The lowest BCUT2D eigenvalue weighted by Gasteiger charge is -2.19. The number of anilines is 1. The number of carbonyl (C=O) groups is 1. The van der Waals surface area contributed by atoms with Crippen molar-refractivity contribution in [3.05, 3.63) is 11.8 Å². The Kier molecular flexibility index (Phi) is 4.56. The predicted octanol–water partition coefficient (Wildman–Crippen LogP) is 0.722. The topological polar surface area (TPSA) is 93.6 Å². The molecule has 0 saturated carbocycles. The first-order chi connectivity index (χ1) is 9.15. The highest BCUT2D eigenvalue weighted by Crippen LogP contribution is 2.20. The summed E-state index contributed by atoms with van der Waals surface area (Å²) in [7, 11) is 1.60. The molecule has 2 atom stereocenters. The molecule has 0 spiro atoms. The smallest absolute Gasteiger partial charge is 0.341 e. The van der Waals surface area contributed by atoms with E-state index >= 15 is 0 Å². The molecule has 1 aromatic rings. The minimum Gasteiger partial charge on any atom is -0.477 e. The van der Waals surface area contributed by atoms with E-state index < -0.39 is 5.97 Å². The Morgan fingerprint density at radius 2 is 2.42 bits per heavy atom. The van der Waals surface area contributed by atoms with Crippen LogP contribution in [0.1, 0.15) is 10.4 Å². The Bertz CT molecular complexity index is 471. The maximum Gasteiger partial charge on any atom is 0.341 e. The molecule has 1 fully saturated rings. The number of methoxy groups -OCH3 is 1. The Hall–Kier alpha value is -1.38. The molecule has 1 aliphatic rings. The first-order valence-corrected chi connectivity index (χ1v) is 6.89. The van der Waals surface area contributed by atoms with Crippen LogP contribution < -0.4 is 5.32 Å². The molecule has 7 nitrogen and oxygen atoms in total. The van der Waals surface area contributed by atoms with Gasteiger partial charge in [-0.1, -0.05) is 11.8 Å². The highest BCUT2D eigenvalue weighted by molar-refractivity contribution is 7.98. The maximum atomic E-state index is 11.2. The highest BCUT2D eigenvalue weighted by Gasteiger charge is 2.29. The number of hydrogen-bond acceptors (Lipinski definition) is 7. The number of nitrogens with one attached hydrogen (secondary N) is 1. The Morgan fingerprint density at radius 1 is 1.63 bits per heavy atom. The molecule has 104 valence electrons. The number of carboxylic acid groups (broad SMARTS) is 1. The van der Waals surface area contributed by atoms with E-state index in [1.54, 1.807) is 7.11 Å². The monoisotopic (exact) mass is 285 g/mol. The van der Waals surface area contributed by atoms with Crippen LogP contribution in [0, 0.1) is 0 Å². The molecule has 0 aromatic carbocycles. The van der Waals surface area contributed by atoms with Gasteiger partial charge in [-0.15, -0.1) is 0 Å². The van der Waals surface area contributed by atoms with Crippen LogP contribution in [0.25, 0.3) is 0 Å². The summed E-state index contributed by atoms with van der Waals surface area (Å²) in [4.78, 5) is 19.3. The van der Waals surface area contributed by atoms with E-state index in [0.717, 1.165) is 0 Å². The Morgan fingerprint density at radius 3 is 3.05 bits per heavy atom. The van der Waals surface area contributed by atoms with Crippen molar-refractivity contribution >= 4 is 23.5 Å². The number of aromatic nitrogens is 2. The summed E-state index contributed by atoms with van der Waals surface area (Å²) in [6.45, 7) is 0.938. The number of carboxylic acids is 1. The van der Waals surface area contributed by atoms with E-state index in [9.17, 15) is 4.79 Å². The van der Waals surface area contributed by atoms with Gasteiger partial charge in [0.05, 0.1) is 19.3 Å². The zero-order chi connectivity index (χ0) is 13.8. The van der Waals surface area contributed by atoms with Crippen molar-refractivity contribution in [2.45, 2.75) is 17.3 Å². The zero-order valence-electron chi connectivity index (χ0n) is 10.6. The number of hydrogen-bond donors (Lipinski definition) is 2. The SMILES string of the molecule is CO[C@H]1COC[C@@H]1Nc1nc(SC)ncc1C(=O)O. The van der Waals surface area contributed by atoms with Gasteiger partial charge in [-0.3, -0.25) is 0 Å². The summed E-state index contributed by atoms with van der Waals surface area (Å²) in [5.74, 6) is -0.771. The highest BCUT2D eigenvalue weighted by atomic mass is 32.2. The van der Waals surface area contributed by atoms with Crippen molar-refractivity contribution < 1.29 is 19.4 Å². The van der Waals surface area contributed by atoms with Gasteiger partial charge in [0.1, 0.15) is 17.5 Å². The van der Waals surface area contributed by atoms with Crippen LogP contribution in [-0.4, -0.2) is 59.8 Å². The number of nitrogens with zero attached hydrogens (tertiary/aromatic N) is 2. The van der Waals surface area contributed by atoms with E-state index in [4.69, 9.17) is 14.6 Å². The molecule has 0 unspecified atom stereocenters. The van der Waals surface area contributed by atoms with Gasteiger partial charge in [0.15, 0.2) is 5.16 Å². The molecular weight excluding hydrogens is 270 g/mol. The fourth-order valence-corrected chi connectivity index (χ4v) is 2.15. The van der Waals surface area contributed by atoms with Crippen molar-refractivity contribution in [2.75, 3.05) is 31.9 Å². The van der Waals surface area contributed by atoms with Crippen LogP contribution in [0.3, 0.4) is 0 Å². The summed E-state index contributed by atoms with van der Waals surface area (Å²) < 4.78 is 10.6. The van der Waals surface area contributed by atoms with Crippen LogP contribution in [0.15, 0.2) is 11.4 Å². The molecule has 0 aliphatic carbocycles. The average Bonchev–Trinajstić information content (AvgIpc) is 2.85. The second-order valence-corrected chi connectivity index (χ2v) is 4.76. The third-order valence-electron chi connectivity index (χ3n) is 2.83. The van der Waals surface area contributed by atoms with E-state index in [0.29, 0.717) is 24.2 Å². The van der Waals surface area contributed by atoms with Crippen molar-refractivity contribution in [1.29, 1.82) is 0 Å². The summed E-state index contributed by atoms with van der Waals surface area (Å²) in [5.41, 5.74) is 0.0413. The molecular formula is C11H15N3O4S. The molecule has 1 aromatic heterocycles. The lowest BCUT2D eigenvalue weighted by molar-refractivity contribution is 0.0696. The lowest BCUT2D eigenvalue weighted by atomic mass is 10.2. The van der Waals surface area contributed by atoms with Gasteiger partial charge in [-0.05, 0) is 6.26 Å². The molecule has 1 aliphatic heterocycles. The number of aromatic carboxylic acids is 1. The summed E-state index contributed by atoms with van der Waals surface area (Å²) in [5, 5.41) is 12.7. The van der Waals surface area contributed by atoms with Crippen molar-refractivity contribution in [2.24, 2.45) is 0 Å². The molecule has 1 saturated heterocycles. The van der Waals surface area contributed by atoms with Gasteiger partial charge in [-0.2, -0.15) is 0 Å². The average molecular weight is 285 g/mol. The first-order valence-electron chi connectivity index (χ1n) is 5.67. The molecule has 19 heavy (non-hydrogen) atoms. The summed E-state index contributed by atoms with van der Waals surface area (Å²) in [6.07, 6.45) is 3.02. The van der Waals surface area contributed by atoms with Gasteiger partial charge in [-0.25, -0.2) is 14.8 Å². The van der Waals surface area contributed by atoms with E-state index in [1.165, 1.54) is 18.0 Å². The summed E-state index contributed by atoms with van der Waals surface area (Å²) >= 11 is 1.35. The van der Waals surface area contributed by atoms with E-state index in [1.807, 2.05) is 6.26 Å². The van der Waals surface area contributed by atoms with Crippen molar-refractivity contribution in [1.82, 2.24) is 9.97 Å². The van der Waals surface area contributed by atoms with Crippen LogP contribution in [0.4, 0.5) is 5.82 Å². The second kappa shape index (κ2) is 6.18. The predicted molar refractivity (Wildman–Crippen MR) is 69.8 cm³/mol. The minimum atomic E-state index is -1.07. The van der Waals surface area contributed by atoms with Crippen LogP contribution in [0.2, 0.25) is 0 Å². The summed E-state index contributed by atoms with van der Waals surface area (Å²) in [6, 6.07) is -0.118. The van der Waals surface area contributed by atoms with Gasteiger partial charge in [0.25, 0.3) is 0 Å². The van der Waals surface area contributed by atoms with Gasteiger partial charge in [0, 0.05) is 13.3 Å². The number of thioether (sulfide) groups is 1. The minimum absolute atomic E-state index is 0.0413.